The molecule has 1 aromatic heterocycles. The first-order chi connectivity index (χ1) is 7.29. The summed E-state index contributed by atoms with van der Waals surface area (Å²) in [7, 11) is 0. The summed E-state index contributed by atoms with van der Waals surface area (Å²) < 4.78 is 4.97. The van der Waals surface area contributed by atoms with Crippen molar-refractivity contribution in [2.24, 2.45) is 0 Å². The predicted molar refractivity (Wildman–Crippen MR) is 57.0 cm³/mol. The molecule has 0 unspecified atom stereocenters. The van der Waals surface area contributed by atoms with Crippen LogP contribution in [0, 0.1) is 0 Å². The van der Waals surface area contributed by atoms with Crippen molar-refractivity contribution in [3.63, 3.8) is 0 Å². The van der Waals surface area contributed by atoms with Crippen LogP contribution in [0.25, 0.3) is 11.0 Å². The lowest BCUT2D eigenvalue weighted by atomic mass is 10.2. The molecule has 0 spiro atoms. The van der Waals surface area contributed by atoms with Crippen LogP contribution < -0.4 is 10.9 Å². The Hall–Kier alpha value is -2.10. The second-order valence-electron chi connectivity index (χ2n) is 3.05. The van der Waals surface area contributed by atoms with Crippen LogP contribution in [0.1, 0.15) is 0 Å². The third kappa shape index (κ3) is 2.04. The molecule has 0 fully saturated rings. The molecule has 2 aromatic rings. The van der Waals surface area contributed by atoms with E-state index >= 15 is 0 Å². The number of rotatable bonds is 3. The number of hydrogen-bond acceptors (Lipinski definition) is 4. The third-order valence-corrected chi connectivity index (χ3v) is 2.01. The number of fused-ring (bicyclic) bond motifs is 1. The fourth-order valence-electron chi connectivity index (χ4n) is 1.34. The van der Waals surface area contributed by atoms with E-state index in [0.717, 1.165) is 17.4 Å². The van der Waals surface area contributed by atoms with E-state index in [-0.39, 0.29) is 12.2 Å². The Labute approximate surface area is 85.5 Å². The van der Waals surface area contributed by atoms with Crippen LogP contribution in [0.15, 0.2) is 39.5 Å². The second kappa shape index (κ2) is 3.96. The fourth-order valence-corrected chi connectivity index (χ4v) is 1.34. The molecule has 0 atom stereocenters. The fraction of sp³-hybridized carbons (Fsp3) is 0.0909. The summed E-state index contributed by atoms with van der Waals surface area (Å²) in [5, 5.41) is 3.74. The molecule has 0 saturated heterocycles. The highest BCUT2D eigenvalue weighted by Crippen LogP contribution is 2.16. The normalized spacial score (nSPS) is 10.1. The number of benzene rings is 1. The molecule has 0 bridgehead atoms. The van der Waals surface area contributed by atoms with Gasteiger partial charge in [-0.3, -0.25) is 0 Å². The quantitative estimate of drug-likeness (QED) is 0.605. The van der Waals surface area contributed by atoms with Crippen LogP contribution in [0.5, 0.6) is 0 Å². The van der Waals surface area contributed by atoms with Gasteiger partial charge < -0.3 is 14.5 Å². The molecule has 15 heavy (non-hydrogen) atoms. The number of anilines is 1. The first-order valence-electron chi connectivity index (χ1n) is 4.51. The lowest BCUT2D eigenvalue weighted by Crippen LogP contribution is -2.02. The van der Waals surface area contributed by atoms with Crippen molar-refractivity contribution >= 4 is 22.9 Å². The van der Waals surface area contributed by atoms with Crippen molar-refractivity contribution in [2.45, 2.75) is 0 Å². The zero-order valence-electron chi connectivity index (χ0n) is 7.90. The molecule has 0 aliphatic rings. The first-order valence-corrected chi connectivity index (χ1v) is 4.51. The van der Waals surface area contributed by atoms with Gasteiger partial charge in [-0.1, -0.05) is 0 Å². The molecule has 4 nitrogen and oxygen atoms in total. The van der Waals surface area contributed by atoms with E-state index in [1.165, 1.54) is 6.07 Å². The minimum Gasteiger partial charge on any atom is -0.423 e. The molecule has 1 N–H and O–H groups in total. The Morgan fingerprint density at radius 2 is 2.13 bits per heavy atom. The summed E-state index contributed by atoms with van der Waals surface area (Å²) >= 11 is 0. The Bertz CT molecular complexity index is 545. The number of carbonyl (C=O) groups excluding carboxylic acids is 1. The van der Waals surface area contributed by atoms with Crippen molar-refractivity contribution in [3.05, 3.63) is 40.8 Å². The highest BCUT2D eigenvalue weighted by molar-refractivity contribution is 5.80. The summed E-state index contributed by atoms with van der Waals surface area (Å²) in [6.45, 7) is 0.266. The highest BCUT2D eigenvalue weighted by atomic mass is 16.4. The van der Waals surface area contributed by atoms with Crippen LogP contribution in [0.3, 0.4) is 0 Å². The molecule has 0 aliphatic carbocycles. The van der Waals surface area contributed by atoms with Crippen LogP contribution in [-0.2, 0) is 4.79 Å². The number of carbonyl (C=O) groups is 1. The summed E-state index contributed by atoms with van der Waals surface area (Å²) in [5.74, 6) is 0. The van der Waals surface area contributed by atoms with Gasteiger partial charge >= 0.3 is 5.63 Å². The molecule has 76 valence electrons. The van der Waals surface area contributed by atoms with E-state index in [1.54, 1.807) is 18.2 Å². The van der Waals surface area contributed by atoms with Gasteiger partial charge in [0, 0.05) is 17.1 Å². The third-order valence-electron chi connectivity index (χ3n) is 2.01. The van der Waals surface area contributed by atoms with Crippen LogP contribution in [0.4, 0.5) is 5.69 Å². The van der Waals surface area contributed by atoms with E-state index in [4.69, 9.17) is 4.42 Å². The second-order valence-corrected chi connectivity index (χ2v) is 3.05. The van der Waals surface area contributed by atoms with E-state index in [0.29, 0.717) is 5.58 Å². The lowest BCUT2D eigenvalue weighted by Gasteiger charge is -2.02. The van der Waals surface area contributed by atoms with Gasteiger partial charge in [-0.25, -0.2) is 4.79 Å². The molecular formula is C11H9NO3. The standard InChI is InChI=1S/C11H9NO3/c13-6-5-12-9-2-3-10-8(7-9)1-4-11(14)15-10/h1-4,6-7,12H,5H2. The van der Waals surface area contributed by atoms with Crippen molar-refractivity contribution in [3.8, 4) is 0 Å². The molecular weight excluding hydrogens is 194 g/mol. The Morgan fingerprint density at radius 3 is 2.93 bits per heavy atom. The Balaban J connectivity index is 2.43. The Morgan fingerprint density at radius 1 is 1.27 bits per heavy atom. The maximum absolute atomic E-state index is 10.9. The molecule has 2 rings (SSSR count). The molecule has 1 aromatic carbocycles. The first kappa shape index (κ1) is 9.45. The van der Waals surface area contributed by atoms with Gasteiger partial charge in [0.05, 0.1) is 6.54 Å². The van der Waals surface area contributed by atoms with Crippen molar-refractivity contribution in [2.75, 3.05) is 11.9 Å². The number of aldehydes is 1. The largest absolute Gasteiger partial charge is 0.423 e. The summed E-state index contributed by atoms with van der Waals surface area (Å²) in [4.78, 5) is 21.1. The molecule has 0 radical (unpaired) electrons. The topological polar surface area (TPSA) is 59.3 Å². The molecule has 0 amide bonds. The number of hydrogen-bond donors (Lipinski definition) is 1. The number of nitrogens with one attached hydrogen (secondary N) is 1. The average molecular weight is 203 g/mol. The molecule has 0 aliphatic heterocycles. The van der Waals surface area contributed by atoms with Gasteiger partial charge in [0.25, 0.3) is 0 Å². The zero-order valence-corrected chi connectivity index (χ0v) is 7.90. The summed E-state index contributed by atoms with van der Waals surface area (Å²) in [6.07, 6.45) is 0.787. The van der Waals surface area contributed by atoms with Crippen molar-refractivity contribution in [1.82, 2.24) is 0 Å². The maximum Gasteiger partial charge on any atom is 0.336 e. The predicted octanol–water partition coefficient (Wildman–Crippen LogP) is 1.40. The zero-order chi connectivity index (χ0) is 10.7. The van der Waals surface area contributed by atoms with Crippen molar-refractivity contribution < 1.29 is 9.21 Å². The van der Waals surface area contributed by atoms with Gasteiger partial charge in [0.2, 0.25) is 0 Å². The molecule has 4 heteroatoms. The monoisotopic (exact) mass is 203 g/mol. The van der Waals surface area contributed by atoms with Crippen LogP contribution >= 0.6 is 0 Å². The van der Waals surface area contributed by atoms with E-state index in [2.05, 4.69) is 5.32 Å². The maximum atomic E-state index is 10.9. The molecule has 0 saturated carbocycles. The van der Waals surface area contributed by atoms with Crippen molar-refractivity contribution in [1.29, 1.82) is 0 Å². The van der Waals surface area contributed by atoms with E-state index in [1.807, 2.05) is 6.07 Å². The highest BCUT2D eigenvalue weighted by Gasteiger charge is 1.98. The van der Waals surface area contributed by atoms with E-state index < -0.39 is 0 Å². The lowest BCUT2D eigenvalue weighted by molar-refractivity contribution is -0.106. The smallest absolute Gasteiger partial charge is 0.336 e. The van der Waals surface area contributed by atoms with Gasteiger partial charge in [-0.05, 0) is 24.3 Å². The minimum atomic E-state index is -0.365. The van der Waals surface area contributed by atoms with Gasteiger partial charge in [0.15, 0.2) is 0 Å². The van der Waals surface area contributed by atoms with Crippen LogP contribution in [0.2, 0.25) is 0 Å². The molecule has 1 heterocycles. The van der Waals surface area contributed by atoms with Gasteiger partial charge in [-0.15, -0.1) is 0 Å². The van der Waals surface area contributed by atoms with Gasteiger partial charge in [-0.2, -0.15) is 0 Å². The minimum absolute atomic E-state index is 0.266. The summed E-state index contributed by atoms with van der Waals surface area (Å²) in [5.41, 5.74) is 0.999. The van der Waals surface area contributed by atoms with E-state index in [9.17, 15) is 9.59 Å². The average Bonchev–Trinajstić information content (AvgIpc) is 2.26. The van der Waals surface area contributed by atoms with Gasteiger partial charge in [0.1, 0.15) is 11.9 Å². The summed E-state index contributed by atoms with van der Waals surface area (Å²) in [6, 6.07) is 8.33. The Kier molecular flexibility index (Phi) is 2.49. The van der Waals surface area contributed by atoms with Crippen LogP contribution in [-0.4, -0.2) is 12.8 Å². The SMILES string of the molecule is O=CCNc1ccc2oc(=O)ccc2c1.